The average Bonchev–Trinajstić information content (AvgIpc) is 2.29. The quantitative estimate of drug-likeness (QED) is 0.817. The summed E-state index contributed by atoms with van der Waals surface area (Å²) in [6.07, 6.45) is 2.41. The van der Waals surface area contributed by atoms with Crippen LogP contribution in [0.3, 0.4) is 0 Å². The predicted molar refractivity (Wildman–Crippen MR) is 71.0 cm³/mol. The van der Waals surface area contributed by atoms with Crippen LogP contribution in [0.25, 0.3) is 0 Å². The van der Waals surface area contributed by atoms with Gasteiger partial charge in [-0.15, -0.1) is 0 Å². The summed E-state index contributed by atoms with van der Waals surface area (Å²) in [5, 5.41) is 3.55. The predicted octanol–water partition coefficient (Wildman–Crippen LogP) is 2.13. The molecule has 17 heavy (non-hydrogen) atoms. The maximum absolute atomic E-state index is 11.5. The fourth-order valence-corrected chi connectivity index (χ4v) is 1.81. The van der Waals surface area contributed by atoms with Crippen molar-refractivity contribution in [2.45, 2.75) is 32.2 Å². The summed E-state index contributed by atoms with van der Waals surface area (Å²) >= 11 is 5.87. The summed E-state index contributed by atoms with van der Waals surface area (Å²) in [5.41, 5.74) is 6.81. The number of hydrogen-bond acceptors (Lipinski definition) is 2. The van der Waals surface area contributed by atoms with Crippen molar-refractivity contribution < 1.29 is 4.79 Å². The zero-order valence-corrected chi connectivity index (χ0v) is 10.8. The fraction of sp³-hybridized carbons (Fsp3) is 0.462. The molecule has 1 aromatic carbocycles. The van der Waals surface area contributed by atoms with Gasteiger partial charge in [0, 0.05) is 11.6 Å². The van der Waals surface area contributed by atoms with E-state index in [0.29, 0.717) is 6.54 Å². The first-order chi connectivity index (χ1) is 8.13. The van der Waals surface area contributed by atoms with E-state index in [0.717, 1.165) is 29.8 Å². The van der Waals surface area contributed by atoms with E-state index in [2.05, 4.69) is 5.32 Å². The van der Waals surface area contributed by atoms with Crippen LogP contribution in [-0.4, -0.2) is 18.5 Å². The first-order valence-electron chi connectivity index (χ1n) is 5.91. The molecule has 0 aromatic heterocycles. The zero-order chi connectivity index (χ0) is 12.7. The van der Waals surface area contributed by atoms with Gasteiger partial charge in [0.05, 0.1) is 6.04 Å². The Kier molecular flexibility index (Phi) is 6.01. The lowest BCUT2D eigenvalue weighted by Crippen LogP contribution is -2.41. The van der Waals surface area contributed by atoms with E-state index < -0.39 is 0 Å². The molecule has 0 fully saturated rings. The maximum atomic E-state index is 11.5. The molecule has 0 bridgehead atoms. The Morgan fingerprint density at radius 2 is 2.29 bits per heavy atom. The van der Waals surface area contributed by atoms with Crippen LogP contribution in [0.2, 0.25) is 5.02 Å². The van der Waals surface area contributed by atoms with Gasteiger partial charge in [0.15, 0.2) is 0 Å². The molecule has 0 radical (unpaired) electrons. The molecule has 0 aliphatic rings. The molecule has 0 spiro atoms. The van der Waals surface area contributed by atoms with E-state index in [1.807, 2.05) is 31.2 Å². The summed E-state index contributed by atoms with van der Waals surface area (Å²) in [7, 11) is 0. The minimum absolute atomic E-state index is 0.0751. The highest BCUT2D eigenvalue weighted by molar-refractivity contribution is 6.30. The molecule has 0 heterocycles. The molecule has 4 heteroatoms. The zero-order valence-electron chi connectivity index (χ0n) is 10.1. The molecule has 0 saturated heterocycles. The second kappa shape index (κ2) is 7.30. The van der Waals surface area contributed by atoms with Crippen LogP contribution in [0.5, 0.6) is 0 Å². The summed E-state index contributed by atoms with van der Waals surface area (Å²) in [5.74, 6) is -0.0751. The normalized spacial score (nSPS) is 12.2. The van der Waals surface area contributed by atoms with Crippen molar-refractivity contribution in [3.05, 3.63) is 34.9 Å². The van der Waals surface area contributed by atoms with Gasteiger partial charge in [0.2, 0.25) is 5.91 Å². The van der Waals surface area contributed by atoms with Gasteiger partial charge in [-0.05, 0) is 30.5 Å². The van der Waals surface area contributed by atoms with Gasteiger partial charge in [-0.3, -0.25) is 4.79 Å². The van der Waals surface area contributed by atoms with E-state index in [9.17, 15) is 4.79 Å². The fourth-order valence-electron chi connectivity index (χ4n) is 1.60. The van der Waals surface area contributed by atoms with E-state index in [1.54, 1.807) is 0 Å². The first-order valence-corrected chi connectivity index (χ1v) is 6.29. The van der Waals surface area contributed by atoms with Gasteiger partial charge in [0.25, 0.3) is 0 Å². The van der Waals surface area contributed by atoms with Crippen molar-refractivity contribution >= 4 is 17.5 Å². The molecule has 3 N–H and O–H groups in total. The van der Waals surface area contributed by atoms with Gasteiger partial charge < -0.3 is 11.1 Å². The second-order valence-corrected chi connectivity index (χ2v) is 4.50. The second-order valence-electron chi connectivity index (χ2n) is 4.07. The SMILES string of the molecule is CCC[C@@H](N)C(=O)NCCc1cccc(Cl)c1. The molecule has 0 aliphatic heterocycles. The van der Waals surface area contributed by atoms with Crippen LogP contribution in [0.4, 0.5) is 0 Å². The molecule has 0 aliphatic carbocycles. The minimum atomic E-state index is -0.389. The van der Waals surface area contributed by atoms with Crippen LogP contribution in [0.15, 0.2) is 24.3 Å². The highest BCUT2D eigenvalue weighted by Gasteiger charge is 2.10. The molecule has 0 unspecified atom stereocenters. The number of rotatable bonds is 6. The highest BCUT2D eigenvalue weighted by atomic mass is 35.5. The van der Waals surface area contributed by atoms with E-state index in [4.69, 9.17) is 17.3 Å². The van der Waals surface area contributed by atoms with Crippen LogP contribution in [-0.2, 0) is 11.2 Å². The van der Waals surface area contributed by atoms with Crippen LogP contribution >= 0.6 is 11.6 Å². The highest BCUT2D eigenvalue weighted by Crippen LogP contribution is 2.10. The summed E-state index contributed by atoms with van der Waals surface area (Å²) < 4.78 is 0. The van der Waals surface area contributed by atoms with Gasteiger partial charge >= 0.3 is 0 Å². The largest absolute Gasteiger partial charge is 0.354 e. The topological polar surface area (TPSA) is 55.1 Å². The number of amides is 1. The third kappa shape index (κ3) is 5.20. The monoisotopic (exact) mass is 254 g/mol. The van der Waals surface area contributed by atoms with Gasteiger partial charge in [0.1, 0.15) is 0 Å². The number of benzene rings is 1. The number of nitrogens with one attached hydrogen (secondary N) is 1. The van der Waals surface area contributed by atoms with Crippen LogP contribution < -0.4 is 11.1 Å². The summed E-state index contributed by atoms with van der Waals surface area (Å²) in [6, 6.07) is 7.24. The lowest BCUT2D eigenvalue weighted by Gasteiger charge is -2.11. The Hall–Kier alpha value is -1.06. The van der Waals surface area contributed by atoms with E-state index >= 15 is 0 Å². The van der Waals surface area contributed by atoms with Gasteiger partial charge in [-0.1, -0.05) is 37.1 Å². The Balaban J connectivity index is 2.30. The number of carbonyl (C=O) groups is 1. The minimum Gasteiger partial charge on any atom is -0.354 e. The molecule has 94 valence electrons. The number of nitrogens with two attached hydrogens (primary N) is 1. The van der Waals surface area contributed by atoms with E-state index in [-0.39, 0.29) is 11.9 Å². The van der Waals surface area contributed by atoms with Crippen molar-refractivity contribution in [2.75, 3.05) is 6.54 Å². The van der Waals surface area contributed by atoms with Crippen molar-refractivity contribution in [2.24, 2.45) is 5.73 Å². The summed E-state index contributed by atoms with van der Waals surface area (Å²) in [6.45, 7) is 2.61. The smallest absolute Gasteiger partial charge is 0.236 e. The van der Waals surface area contributed by atoms with Crippen LogP contribution in [0, 0.1) is 0 Å². The molecule has 3 nitrogen and oxygen atoms in total. The Labute approximate surface area is 107 Å². The molecule has 1 rings (SSSR count). The Morgan fingerprint density at radius 3 is 2.94 bits per heavy atom. The van der Waals surface area contributed by atoms with Crippen molar-refractivity contribution in [3.63, 3.8) is 0 Å². The maximum Gasteiger partial charge on any atom is 0.236 e. The lowest BCUT2D eigenvalue weighted by atomic mass is 10.1. The molecular formula is C13H19ClN2O. The molecule has 0 saturated carbocycles. The third-order valence-electron chi connectivity index (χ3n) is 2.54. The molecule has 1 aromatic rings. The first kappa shape index (κ1) is 14.0. The Bertz CT molecular complexity index is 368. The standard InChI is InChI=1S/C13H19ClN2O/c1-2-4-12(15)13(17)16-8-7-10-5-3-6-11(14)9-10/h3,5-6,9,12H,2,4,7-8,15H2,1H3,(H,16,17)/t12-/m1/s1. The number of carbonyl (C=O) groups excluding carboxylic acids is 1. The van der Waals surface area contributed by atoms with Gasteiger partial charge in [-0.25, -0.2) is 0 Å². The number of halogens is 1. The Morgan fingerprint density at radius 1 is 1.53 bits per heavy atom. The molecule has 1 atom stereocenters. The molecule has 1 amide bonds. The summed E-state index contributed by atoms with van der Waals surface area (Å²) in [4.78, 5) is 11.5. The third-order valence-corrected chi connectivity index (χ3v) is 2.77. The average molecular weight is 255 g/mol. The lowest BCUT2D eigenvalue weighted by molar-refractivity contribution is -0.122. The van der Waals surface area contributed by atoms with Crippen molar-refractivity contribution in [1.29, 1.82) is 0 Å². The van der Waals surface area contributed by atoms with Crippen LogP contribution in [0.1, 0.15) is 25.3 Å². The van der Waals surface area contributed by atoms with E-state index in [1.165, 1.54) is 0 Å². The van der Waals surface area contributed by atoms with Crippen molar-refractivity contribution in [1.82, 2.24) is 5.32 Å². The number of hydrogen-bond donors (Lipinski definition) is 2. The van der Waals surface area contributed by atoms with Gasteiger partial charge in [-0.2, -0.15) is 0 Å². The molecular weight excluding hydrogens is 236 g/mol. The van der Waals surface area contributed by atoms with Crippen molar-refractivity contribution in [3.8, 4) is 0 Å².